The van der Waals surface area contributed by atoms with E-state index in [1.54, 1.807) is 0 Å². The van der Waals surface area contributed by atoms with Gasteiger partial charge in [-0.15, -0.1) is 0 Å². The fourth-order valence-corrected chi connectivity index (χ4v) is 4.52. The Balaban J connectivity index is 1.44. The Bertz CT molecular complexity index is 964. The summed E-state index contributed by atoms with van der Waals surface area (Å²) in [5.41, 5.74) is 4.79. The zero-order valence-electron chi connectivity index (χ0n) is 15.8. The smallest absolute Gasteiger partial charge is 0.236 e. The molecule has 1 aliphatic carbocycles. The molecule has 0 spiro atoms. The normalized spacial score (nSPS) is 21.4. The second kappa shape index (κ2) is 6.89. The van der Waals surface area contributed by atoms with Gasteiger partial charge < -0.3 is 9.80 Å². The summed E-state index contributed by atoms with van der Waals surface area (Å²) in [7, 11) is 0. The van der Waals surface area contributed by atoms with Gasteiger partial charge >= 0.3 is 0 Å². The number of anilines is 2. The number of nitrogens with zero attached hydrogens (tertiary/aromatic N) is 3. The van der Waals surface area contributed by atoms with E-state index in [1.165, 1.54) is 0 Å². The Morgan fingerprint density at radius 2 is 1.79 bits per heavy atom. The number of aliphatic imine (C=N–C) groups is 1. The van der Waals surface area contributed by atoms with Gasteiger partial charge in [0.05, 0.1) is 23.8 Å². The third-order valence-corrected chi connectivity index (χ3v) is 5.99. The van der Waals surface area contributed by atoms with Gasteiger partial charge in [0.2, 0.25) is 11.8 Å². The number of fused-ring (bicyclic) bond motifs is 2. The van der Waals surface area contributed by atoms with Gasteiger partial charge in [0.15, 0.2) is 0 Å². The summed E-state index contributed by atoms with van der Waals surface area (Å²) in [4.78, 5) is 33.8. The molecule has 1 saturated heterocycles. The number of hydrogen-bond acceptors (Lipinski definition) is 3. The Kier molecular flexibility index (Phi) is 4.23. The molecule has 5 heteroatoms. The molecule has 0 bridgehead atoms. The molecule has 2 aromatic carbocycles. The van der Waals surface area contributed by atoms with Gasteiger partial charge in [-0.25, -0.2) is 0 Å². The molecular weight excluding hydrogens is 350 g/mol. The van der Waals surface area contributed by atoms with Crippen molar-refractivity contribution in [1.82, 2.24) is 0 Å². The summed E-state index contributed by atoms with van der Waals surface area (Å²) in [6.07, 6.45) is 4.38. The lowest BCUT2D eigenvalue weighted by Crippen LogP contribution is -2.36. The van der Waals surface area contributed by atoms with E-state index in [-0.39, 0.29) is 17.7 Å². The maximum Gasteiger partial charge on any atom is 0.236 e. The first kappa shape index (κ1) is 17.2. The lowest BCUT2D eigenvalue weighted by molar-refractivity contribution is -0.120. The molecule has 142 valence electrons. The molecule has 5 rings (SSSR count). The number of hydrogen-bond donors (Lipinski definition) is 0. The third kappa shape index (κ3) is 2.91. The molecule has 2 aliphatic heterocycles. The molecule has 1 unspecified atom stereocenters. The predicted octanol–water partition coefficient (Wildman–Crippen LogP) is 4.23. The van der Waals surface area contributed by atoms with Gasteiger partial charge in [0.1, 0.15) is 0 Å². The van der Waals surface area contributed by atoms with E-state index in [0.29, 0.717) is 13.0 Å². The van der Waals surface area contributed by atoms with Crippen LogP contribution in [0.4, 0.5) is 17.1 Å². The summed E-state index contributed by atoms with van der Waals surface area (Å²) in [5, 5.41) is 0. The van der Waals surface area contributed by atoms with Crippen LogP contribution in [-0.2, 0) is 16.1 Å². The van der Waals surface area contributed by atoms with Crippen LogP contribution in [0, 0.1) is 5.92 Å². The van der Waals surface area contributed by atoms with Crippen LogP contribution < -0.4 is 9.80 Å². The largest absolute Gasteiger partial charge is 0.312 e. The fourth-order valence-electron chi connectivity index (χ4n) is 4.52. The van der Waals surface area contributed by atoms with Crippen molar-refractivity contribution in [1.29, 1.82) is 0 Å². The average molecular weight is 373 g/mol. The molecule has 3 aliphatic rings. The lowest BCUT2D eigenvalue weighted by atomic mass is 10.0. The molecule has 0 aromatic heterocycles. The number of benzene rings is 2. The van der Waals surface area contributed by atoms with Crippen LogP contribution in [0.15, 0.2) is 53.5 Å². The highest BCUT2D eigenvalue weighted by Gasteiger charge is 2.36. The lowest BCUT2D eigenvalue weighted by Gasteiger charge is -2.25. The summed E-state index contributed by atoms with van der Waals surface area (Å²) in [5.74, 6) is 0.254. The van der Waals surface area contributed by atoms with Crippen molar-refractivity contribution in [3.63, 3.8) is 0 Å². The van der Waals surface area contributed by atoms with Crippen molar-refractivity contribution in [2.24, 2.45) is 10.9 Å². The average Bonchev–Trinajstić information content (AvgIpc) is 3.33. The first-order valence-electron chi connectivity index (χ1n) is 10.1. The first-order chi connectivity index (χ1) is 13.7. The van der Waals surface area contributed by atoms with Crippen molar-refractivity contribution in [3.05, 3.63) is 54.1 Å². The Hall–Kier alpha value is -2.95. The summed E-state index contributed by atoms with van der Waals surface area (Å²) >= 11 is 0. The SMILES string of the molecule is O=C1CCCN1c1ccc(CN2C(=O)C3CCCC3=Nc3ccccc32)cc1. The maximum absolute atomic E-state index is 13.3. The summed E-state index contributed by atoms with van der Waals surface area (Å²) < 4.78 is 0. The molecule has 0 N–H and O–H groups in total. The third-order valence-electron chi connectivity index (χ3n) is 5.99. The Labute approximate surface area is 164 Å². The van der Waals surface area contributed by atoms with Crippen LogP contribution in [0.3, 0.4) is 0 Å². The fraction of sp³-hybridized carbons (Fsp3) is 0.348. The molecule has 0 radical (unpaired) electrons. The standard InChI is InChI=1S/C23H23N3O2/c27-22-9-4-14-25(22)17-12-10-16(11-13-17)15-26-21-8-2-1-6-20(21)24-19-7-3-5-18(19)23(26)28/h1-2,6,8,10-13,18H,3-5,7,9,14-15H2. The quantitative estimate of drug-likeness (QED) is 0.808. The highest BCUT2D eigenvalue weighted by Crippen LogP contribution is 2.38. The monoisotopic (exact) mass is 373 g/mol. The second-order valence-electron chi connectivity index (χ2n) is 7.78. The van der Waals surface area contributed by atoms with E-state index in [2.05, 4.69) is 0 Å². The van der Waals surface area contributed by atoms with Crippen molar-refractivity contribution in [3.8, 4) is 0 Å². The number of carbonyl (C=O) groups is 2. The summed E-state index contributed by atoms with van der Waals surface area (Å²) in [6.45, 7) is 1.31. The van der Waals surface area contributed by atoms with Crippen LogP contribution >= 0.6 is 0 Å². The minimum absolute atomic E-state index is 0.0890. The zero-order chi connectivity index (χ0) is 19.1. The van der Waals surface area contributed by atoms with Crippen molar-refractivity contribution >= 4 is 34.6 Å². The second-order valence-corrected chi connectivity index (χ2v) is 7.78. The van der Waals surface area contributed by atoms with Gasteiger partial charge in [0, 0.05) is 24.4 Å². The molecular formula is C23H23N3O2. The first-order valence-corrected chi connectivity index (χ1v) is 10.1. The van der Waals surface area contributed by atoms with E-state index in [9.17, 15) is 9.59 Å². The number of rotatable bonds is 3. The molecule has 28 heavy (non-hydrogen) atoms. The number of amides is 2. The molecule has 2 aromatic rings. The van der Waals surface area contributed by atoms with Crippen LogP contribution in [0.25, 0.3) is 0 Å². The van der Waals surface area contributed by atoms with Gasteiger partial charge in [-0.1, -0.05) is 24.3 Å². The van der Waals surface area contributed by atoms with Gasteiger partial charge in [-0.2, -0.15) is 0 Å². The molecule has 2 fully saturated rings. The highest BCUT2D eigenvalue weighted by molar-refractivity contribution is 6.14. The van der Waals surface area contributed by atoms with Crippen LogP contribution in [0.2, 0.25) is 0 Å². The van der Waals surface area contributed by atoms with Crippen molar-refractivity contribution in [2.45, 2.75) is 38.6 Å². The predicted molar refractivity (Wildman–Crippen MR) is 110 cm³/mol. The van der Waals surface area contributed by atoms with Crippen molar-refractivity contribution < 1.29 is 9.59 Å². The highest BCUT2D eigenvalue weighted by atomic mass is 16.2. The van der Waals surface area contributed by atoms with E-state index < -0.39 is 0 Å². The van der Waals surface area contributed by atoms with Crippen molar-refractivity contribution in [2.75, 3.05) is 16.3 Å². The van der Waals surface area contributed by atoms with Crippen LogP contribution in [0.1, 0.15) is 37.7 Å². The molecule has 5 nitrogen and oxygen atoms in total. The minimum atomic E-state index is -0.0890. The summed E-state index contributed by atoms with van der Waals surface area (Å²) in [6, 6.07) is 15.9. The molecule has 2 heterocycles. The minimum Gasteiger partial charge on any atom is -0.312 e. The van der Waals surface area contributed by atoms with Gasteiger partial charge in [0.25, 0.3) is 0 Å². The van der Waals surface area contributed by atoms with E-state index in [4.69, 9.17) is 4.99 Å². The maximum atomic E-state index is 13.3. The van der Waals surface area contributed by atoms with E-state index in [1.807, 2.05) is 58.3 Å². The number of para-hydroxylation sites is 2. The Morgan fingerprint density at radius 1 is 0.964 bits per heavy atom. The van der Waals surface area contributed by atoms with E-state index in [0.717, 1.165) is 60.6 Å². The Morgan fingerprint density at radius 3 is 2.57 bits per heavy atom. The molecule has 1 atom stereocenters. The topological polar surface area (TPSA) is 53.0 Å². The molecule has 1 saturated carbocycles. The zero-order valence-corrected chi connectivity index (χ0v) is 15.8. The van der Waals surface area contributed by atoms with Crippen LogP contribution in [0.5, 0.6) is 0 Å². The molecule has 2 amide bonds. The van der Waals surface area contributed by atoms with Gasteiger partial charge in [-0.05, 0) is 55.5 Å². The number of carbonyl (C=O) groups excluding carboxylic acids is 2. The van der Waals surface area contributed by atoms with Gasteiger partial charge in [-0.3, -0.25) is 14.6 Å². The van der Waals surface area contributed by atoms with E-state index >= 15 is 0 Å². The van der Waals surface area contributed by atoms with Crippen LogP contribution in [-0.4, -0.2) is 24.1 Å².